The van der Waals surface area contributed by atoms with Gasteiger partial charge in [0.05, 0.1) is 0 Å². The molecular weight excluding hydrogens is 294 g/mol. The van der Waals surface area contributed by atoms with Crippen LogP contribution in [0.1, 0.15) is 69.8 Å². The summed E-state index contributed by atoms with van der Waals surface area (Å²) in [5.41, 5.74) is 1.47. The van der Waals surface area contributed by atoms with Gasteiger partial charge in [0.15, 0.2) is 5.75 Å². The average molecular weight is 325 g/mol. The van der Waals surface area contributed by atoms with Crippen LogP contribution in [-0.2, 0) is 0 Å². The lowest BCUT2D eigenvalue weighted by atomic mass is 9.68. The third-order valence-corrected chi connectivity index (χ3v) is 6.20. The molecule has 0 bridgehead atoms. The highest BCUT2D eigenvalue weighted by atomic mass is 16.6. The Morgan fingerprint density at radius 2 is 1.50 bits per heavy atom. The normalized spacial score (nSPS) is 31.0. The first kappa shape index (κ1) is 17.3. The highest BCUT2D eigenvalue weighted by molar-refractivity contribution is 5.52. The van der Waals surface area contributed by atoms with Crippen molar-refractivity contribution in [3.63, 3.8) is 0 Å². The first-order valence-electron chi connectivity index (χ1n) is 9.67. The molecule has 0 heterocycles. The second-order valence-corrected chi connectivity index (χ2v) is 7.55. The summed E-state index contributed by atoms with van der Waals surface area (Å²) in [6, 6.07) is 8.54. The Morgan fingerprint density at radius 1 is 0.917 bits per heavy atom. The summed E-state index contributed by atoms with van der Waals surface area (Å²) in [5.74, 6) is 4.28. The van der Waals surface area contributed by atoms with Gasteiger partial charge in [0.25, 0.3) is 0 Å². The number of nitrogens with zero attached hydrogens (tertiary/aromatic N) is 1. The van der Waals surface area contributed by atoms with Gasteiger partial charge >= 0.3 is 0 Å². The van der Waals surface area contributed by atoms with Gasteiger partial charge in [0.2, 0.25) is 0 Å². The average Bonchev–Trinajstić information content (AvgIpc) is 2.67. The van der Waals surface area contributed by atoms with E-state index in [0.717, 1.165) is 29.4 Å². The van der Waals surface area contributed by atoms with E-state index in [-0.39, 0.29) is 0 Å². The van der Waals surface area contributed by atoms with Gasteiger partial charge in [-0.15, -0.1) is 6.58 Å². The van der Waals surface area contributed by atoms with Crippen molar-refractivity contribution in [1.29, 1.82) is 0 Å². The molecule has 0 aliphatic heterocycles. The number of hydrogen-bond acceptors (Lipinski definition) is 2. The van der Waals surface area contributed by atoms with Crippen LogP contribution in [0.3, 0.4) is 0 Å². The summed E-state index contributed by atoms with van der Waals surface area (Å²) in [7, 11) is 0. The van der Waals surface area contributed by atoms with Crippen LogP contribution < -0.4 is 4.84 Å². The highest BCUT2D eigenvalue weighted by Crippen LogP contribution is 2.44. The molecule has 0 N–H and O–H groups in total. The molecule has 2 aliphatic carbocycles. The Bertz CT molecular complexity index is 532. The number of allylic oxidation sites excluding steroid dienone is 1. The van der Waals surface area contributed by atoms with E-state index in [1.165, 1.54) is 56.9 Å². The van der Waals surface area contributed by atoms with Crippen LogP contribution in [0, 0.1) is 17.8 Å². The molecule has 24 heavy (non-hydrogen) atoms. The second kappa shape index (κ2) is 8.50. The largest absolute Gasteiger partial charge is 0.357 e. The number of rotatable bonds is 5. The minimum absolute atomic E-state index is 0.731. The van der Waals surface area contributed by atoms with E-state index in [0.29, 0.717) is 0 Å². The fraction of sp³-hybridized carbons (Fsp3) is 0.591. The minimum atomic E-state index is 0.731. The monoisotopic (exact) mass is 325 g/mol. The maximum absolute atomic E-state index is 5.27. The standard InChI is InChI=1S/C22H31NO/c1-3-17-5-7-18(8-6-17)19-9-11-20(12-10-19)21-13-15-22(16-14-21)24-23-4-2/h3-4,13-20H,1,5-12H2,2H3. The Morgan fingerprint density at radius 3 is 2.04 bits per heavy atom. The van der Waals surface area contributed by atoms with Crippen molar-refractivity contribution >= 4 is 6.21 Å². The third kappa shape index (κ3) is 4.28. The van der Waals surface area contributed by atoms with Crippen molar-refractivity contribution in [3.05, 3.63) is 42.5 Å². The summed E-state index contributed by atoms with van der Waals surface area (Å²) in [6.07, 6.45) is 14.9. The summed E-state index contributed by atoms with van der Waals surface area (Å²) in [4.78, 5) is 5.27. The molecule has 2 nitrogen and oxygen atoms in total. The third-order valence-electron chi connectivity index (χ3n) is 6.20. The van der Waals surface area contributed by atoms with Gasteiger partial charge < -0.3 is 4.84 Å². The van der Waals surface area contributed by atoms with Crippen LogP contribution in [0.15, 0.2) is 42.1 Å². The maximum Gasteiger partial charge on any atom is 0.157 e. The van der Waals surface area contributed by atoms with E-state index in [9.17, 15) is 0 Å². The van der Waals surface area contributed by atoms with Crippen molar-refractivity contribution < 1.29 is 4.84 Å². The molecule has 2 aliphatic rings. The topological polar surface area (TPSA) is 21.6 Å². The van der Waals surface area contributed by atoms with Crippen LogP contribution in [0.2, 0.25) is 0 Å². The molecule has 0 atom stereocenters. The lowest BCUT2D eigenvalue weighted by Crippen LogP contribution is -2.25. The molecule has 130 valence electrons. The van der Waals surface area contributed by atoms with Crippen molar-refractivity contribution in [3.8, 4) is 5.75 Å². The maximum atomic E-state index is 5.27. The van der Waals surface area contributed by atoms with Crippen molar-refractivity contribution in [2.75, 3.05) is 0 Å². The molecule has 1 aromatic carbocycles. The zero-order valence-corrected chi connectivity index (χ0v) is 15.0. The van der Waals surface area contributed by atoms with Gasteiger partial charge in [-0.05, 0) is 99.7 Å². The van der Waals surface area contributed by atoms with Gasteiger partial charge in [-0.25, -0.2) is 0 Å². The summed E-state index contributed by atoms with van der Waals surface area (Å²) in [6.45, 7) is 5.83. The zero-order valence-electron chi connectivity index (χ0n) is 15.0. The van der Waals surface area contributed by atoms with Gasteiger partial charge in [0.1, 0.15) is 0 Å². The highest BCUT2D eigenvalue weighted by Gasteiger charge is 2.30. The lowest BCUT2D eigenvalue weighted by molar-refractivity contribution is 0.171. The van der Waals surface area contributed by atoms with Crippen LogP contribution in [-0.4, -0.2) is 6.21 Å². The van der Waals surface area contributed by atoms with E-state index in [1.807, 2.05) is 19.1 Å². The summed E-state index contributed by atoms with van der Waals surface area (Å²) in [5, 5.41) is 3.83. The van der Waals surface area contributed by atoms with Crippen LogP contribution in [0.5, 0.6) is 5.75 Å². The number of hydrogen-bond donors (Lipinski definition) is 0. The van der Waals surface area contributed by atoms with Crippen molar-refractivity contribution in [1.82, 2.24) is 0 Å². The Labute approximate surface area is 147 Å². The van der Waals surface area contributed by atoms with Gasteiger partial charge in [0, 0.05) is 6.21 Å². The number of oxime groups is 1. The first-order chi connectivity index (χ1) is 11.8. The molecule has 0 amide bonds. The predicted molar refractivity (Wildman–Crippen MR) is 102 cm³/mol. The number of benzene rings is 1. The van der Waals surface area contributed by atoms with E-state index in [1.54, 1.807) is 6.21 Å². The molecular formula is C22H31NO. The smallest absolute Gasteiger partial charge is 0.157 e. The van der Waals surface area contributed by atoms with E-state index >= 15 is 0 Å². The van der Waals surface area contributed by atoms with Crippen LogP contribution in [0.4, 0.5) is 0 Å². The van der Waals surface area contributed by atoms with E-state index < -0.39 is 0 Å². The molecule has 2 heteroatoms. The molecule has 2 saturated carbocycles. The van der Waals surface area contributed by atoms with Gasteiger partial charge in [-0.1, -0.05) is 23.4 Å². The fourth-order valence-electron chi connectivity index (χ4n) is 4.69. The molecule has 0 spiro atoms. The second-order valence-electron chi connectivity index (χ2n) is 7.55. The molecule has 0 unspecified atom stereocenters. The predicted octanol–water partition coefficient (Wildman–Crippen LogP) is 6.34. The fourth-order valence-corrected chi connectivity index (χ4v) is 4.69. The Balaban J connectivity index is 1.49. The molecule has 2 fully saturated rings. The first-order valence-corrected chi connectivity index (χ1v) is 9.67. The Kier molecular flexibility index (Phi) is 6.12. The Hall–Kier alpha value is -1.57. The van der Waals surface area contributed by atoms with E-state index in [4.69, 9.17) is 4.84 Å². The van der Waals surface area contributed by atoms with Crippen LogP contribution >= 0.6 is 0 Å². The molecule has 3 rings (SSSR count). The molecule has 0 saturated heterocycles. The summed E-state index contributed by atoms with van der Waals surface area (Å²) >= 11 is 0. The van der Waals surface area contributed by atoms with Gasteiger partial charge in [-0.2, -0.15) is 0 Å². The van der Waals surface area contributed by atoms with Crippen LogP contribution in [0.25, 0.3) is 0 Å². The lowest BCUT2D eigenvalue weighted by Gasteiger charge is -2.37. The quantitative estimate of drug-likeness (QED) is 0.352. The van der Waals surface area contributed by atoms with Crippen molar-refractivity contribution in [2.24, 2.45) is 22.9 Å². The molecule has 0 radical (unpaired) electrons. The molecule has 0 aromatic heterocycles. The SMILES string of the molecule is C=CC1CCC(C2CCC(c3ccc(ON=CC)cc3)CC2)CC1. The summed E-state index contributed by atoms with van der Waals surface area (Å²) < 4.78 is 0. The van der Waals surface area contributed by atoms with E-state index in [2.05, 4.69) is 29.9 Å². The molecule has 1 aromatic rings. The zero-order chi connectivity index (χ0) is 16.8. The van der Waals surface area contributed by atoms with Gasteiger partial charge in [-0.3, -0.25) is 0 Å². The minimum Gasteiger partial charge on any atom is -0.357 e. The van der Waals surface area contributed by atoms with Crippen molar-refractivity contribution in [2.45, 2.75) is 64.2 Å².